The molecule has 0 spiro atoms. The Hall–Kier alpha value is -2.83. The van der Waals surface area contributed by atoms with Crippen LogP contribution in [0.15, 0.2) is 42.5 Å². The summed E-state index contributed by atoms with van der Waals surface area (Å²) in [5, 5.41) is 2.78. The zero-order valence-electron chi connectivity index (χ0n) is 15.3. The van der Waals surface area contributed by atoms with Crippen LogP contribution in [0.3, 0.4) is 0 Å². The van der Waals surface area contributed by atoms with Gasteiger partial charge in [-0.3, -0.25) is 4.79 Å². The van der Waals surface area contributed by atoms with Gasteiger partial charge in [0.25, 0.3) is 0 Å². The molecule has 27 heavy (non-hydrogen) atoms. The Balaban J connectivity index is 1.73. The Morgan fingerprint density at radius 2 is 1.96 bits per heavy atom. The van der Waals surface area contributed by atoms with Crippen molar-refractivity contribution in [3.63, 3.8) is 0 Å². The molecule has 0 aromatic heterocycles. The van der Waals surface area contributed by atoms with Crippen molar-refractivity contribution in [2.24, 2.45) is 0 Å². The number of hydrogen-bond acceptors (Lipinski definition) is 4. The fourth-order valence-corrected chi connectivity index (χ4v) is 2.43. The van der Waals surface area contributed by atoms with Gasteiger partial charge in [-0.2, -0.15) is 8.78 Å². The molecule has 0 aliphatic rings. The highest BCUT2D eigenvalue weighted by molar-refractivity contribution is 5.75. The molecule has 0 aliphatic carbocycles. The largest absolute Gasteiger partial charge is 0.494 e. The van der Waals surface area contributed by atoms with Crippen molar-refractivity contribution in [2.75, 3.05) is 13.7 Å². The van der Waals surface area contributed by atoms with Gasteiger partial charge in [0, 0.05) is 13.0 Å². The van der Waals surface area contributed by atoms with Crippen molar-refractivity contribution in [2.45, 2.75) is 32.9 Å². The van der Waals surface area contributed by atoms with Gasteiger partial charge in [0.05, 0.1) is 13.7 Å². The molecule has 0 saturated carbocycles. The molecule has 0 bridgehead atoms. The highest BCUT2D eigenvalue weighted by Crippen LogP contribution is 2.29. The van der Waals surface area contributed by atoms with Crippen LogP contribution in [-0.2, 0) is 11.3 Å². The zero-order chi connectivity index (χ0) is 19.6. The van der Waals surface area contributed by atoms with Gasteiger partial charge < -0.3 is 19.5 Å². The molecule has 1 amide bonds. The number of carbonyl (C=O) groups excluding carboxylic acids is 1. The Morgan fingerprint density at radius 1 is 1.15 bits per heavy atom. The summed E-state index contributed by atoms with van der Waals surface area (Å²) < 4.78 is 39.6. The predicted octanol–water partition coefficient (Wildman–Crippen LogP) is 4.08. The number of hydrogen-bond donors (Lipinski definition) is 1. The Bertz CT molecular complexity index is 753. The van der Waals surface area contributed by atoms with Gasteiger partial charge >= 0.3 is 6.61 Å². The molecular formula is C20H23F2NO4. The average molecular weight is 379 g/mol. The monoisotopic (exact) mass is 379 g/mol. The minimum Gasteiger partial charge on any atom is -0.494 e. The van der Waals surface area contributed by atoms with E-state index < -0.39 is 6.61 Å². The molecule has 2 aromatic carbocycles. The molecule has 0 heterocycles. The van der Waals surface area contributed by atoms with Gasteiger partial charge in [-0.1, -0.05) is 18.2 Å². The third-order valence-electron chi connectivity index (χ3n) is 3.74. The van der Waals surface area contributed by atoms with E-state index in [-0.39, 0.29) is 24.0 Å². The first-order valence-electron chi connectivity index (χ1n) is 8.56. The van der Waals surface area contributed by atoms with Crippen LogP contribution in [0.5, 0.6) is 17.2 Å². The third-order valence-corrected chi connectivity index (χ3v) is 3.74. The van der Waals surface area contributed by atoms with E-state index in [1.165, 1.54) is 13.2 Å². The second-order valence-electron chi connectivity index (χ2n) is 5.91. The normalized spacial score (nSPS) is 10.6. The van der Waals surface area contributed by atoms with Gasteiger partial charge in [0.15, 0.2) is 11.5 Å². The lowest BCUT2D eigenvalue weighted by atomic mass is 10.2. The first kappa shape index (κ1) is 20.5. The van der Waals surface area contributed by atoms with Crippen LogP contribution in [0, 0.1) is 6.92 Å². The fourth-order valence-electron chi connectivity index (χ4n) is 2.43. The highest BCUT2D eigenvalue weighted by Gasteiger charge is 2.11. The van der Waals surface area contributed by atoms with E-state index in [1.54, 1.807) is 12.1 Å². The van der Waals surface area contributed by atoms with Crippen molar-refractivity contribution < 1.29 is 27.8 Å². The van der Waals surface area contributed by atoms with Gasteiger partial charge in [-0.15, -0.1) is 0 Å². The topological polar surface area (TPSA) is 56.8 Å². The average Bonchev–Trinajstić information content (AvgIpc) is 2.64. The smallest absolute Gasteiger partial charge is 0.387 e. The fraction of sp³-hybridized carbons (Fsp3) is 0.350. The Labute approximate surface area is 157 Å². The Morgan fingerprint density at radius 3 is 2.67 bits per heavy atom. The maximum absolute atomic E-state index is 12.3. The third kappa shape index (κ3) is 7.13. The molecule has 2 rings (SSSR count). The number of ether oxygens (including phenoxy) is 3. The summed E-state index contributed by atoms with van der Waals surface area (Å²) in [7, 11) is 1.37. The zero-order valence-corrected chi connectivity index (χ0v) is 15.3. The Kier molecular flexibility index (Phi) is 7.85. The number of amides is 1. The van der Waals surface area contributed by atoms with E-state index in [1.807, 2.05) is 31.2 Å². The van der Waals surface area contributed by atoms with Crippen molar-refractivity contribution in [1.82, 2.24) is 5.32 Å². The quantitative estimate of drug-likeness (QED) is 0.632. The molecule has 2 aromatic rings. The van der Waals surface area contributed by atoms with Crippen LogP contribution in [0.1, 0.15) is 24.0 Å². The van der Waals surface area contributed by atoms with Crippen LogP contribution < -0.4 is 19.5 Å². The SMILES string of the molecule is COc1cc(CNC(=O)CCCOc2cccc(C)c2)ccc1OC(F)F. The van der Waals surface area contributed by atoms with Crippen LogP contribution in [0.2, 0.25) is 0 Å². The van der Waals surface area contributed by atoms with E-state index >= 15 is 0 Å². The molecule has 0 fully saturated rings. The summed E-state index contributed by atoms with van der Waals surface area (Å²) >= 11 is 0. The van der Waals surface area contributed by atoms with Crippen molar-refractivity contribution in [3.8, 4) is 17.2 Å². The molecule has 7 heteroatoms. The molecule has 0 atom stereocenters. The number of rotatable bonds is 10. The number of benzene rings is 2. The maximum Gasteiger partial charge on any atom is 0.387 e. The first-order valence-corrected chi connectivity index (χ1v) is 8.56. The molecule has 0 unspecified atom stereocenters. The maximum atomic E-state index is 12.3. The first-order chi connectivity index (χ1) is 13.0. The number of methoxy groups -OCH3 is 1. The highest BCUT2D eigenvalue weighted by atomic mass is 19.3. The number of halogens is 2. The number of carbonyl (C=O) groups is 1. The predicted molar refractivity (Wildman–Crippen MR) is 97.4 cm³/mol. The molecule has 1 N–H and O–H groups in total. The van der Waals surface area contributed by atoms with Crippen molar-refractivity contribution in [3.05, 3.63) is 53.6 Å². The number of nitrogens with one attached hydrogen (secondary N) is 1. The minimum atomic E-state index is -2.92. The lowest BCUT2D eigenvalue weighted by Crippen LogP contribution is -2.23. The lowest BCUT2D eigenvalue weighted by molar-refractivity contribution is -0.121. The minimum absolute atomic E-state index is 0.0455. The van der Waals surface area contributed by atoms with Gasteiger partial charge in [-0.25, -0.2) is 0 Å². The van der Waals surface area contributed by atoms with Crippen molar-refractivity contribution >= 4 is 5.91 Å². The van der Waals surface area contributed by atoms with Gasteiger partial charge in [0.2, 0.25) is 5.91 Å². The summed E-state index contributed by atoms with van der Waals surface area (Å²) in [5.74, 6) is 0.813. The lowest BCUT2D eigenvalue weighted by Gasteiger charge is -2.12. The molecule has 0 saturated heterocycles. The molecule has 0 aliphatic heterocycles. The molecular weight excluding hydrogens is 356 g/mol. The van der Waals surface area contributed by atoms with Crippen LogP contribution >= 0.6 is 0 Å². The van der Waals surface area contributed by atoms with E-state index in [4.69, 9.17) is 9.47 Å². The summed E-state index contributed by atoms with van der Waals surface area (Å²) in [6, 6.07) is 12.3. The van der Waals surface area contributed by atoms with E-state index in [2.05, 4.69) is 10.1 Å². The molecule has 5 nitrogen and oxygen atoms in total. The summed E-state index contributed by atoms with van der Waals surface area (Å²) in [6.07, 6.45) is 0.916. The number of alkyl halides is 2. The second kappa shape index (κ2) is 10.4. The van der Waals surface area contributed by atoms with E-state index in [0.717, 1.165) is 16.9 Å². The van der Waals surface area contributed by atoms with Crippen LogP contribution in [0.25, 0.3) is 0 Å². The summed E-state index contributed by atoms with van der Waals surface area (Å²) in [5.41, 5.74) is 1.84. The number of aryl methyl sites for hydroxylation is 1. The molecule has 146 valence electrons. The van der Waals surface area contributed by atoms with Crippen molar-refractivity contribution in [1.29, 1.82) is 0 Å². The molecule has 0 radical (unpaired) electrons. The standard InChI is InChI=1S/C20H23F2NO4/c1-14-5-3-6-16(11-14)26-10-4-7-19(24)23-13-15-8-9-17(27-20(21)22)18(12-15)25-2/h3,5-6,8-9,11-12,20H,4,7,10,13H2,1-2H3,(H,23,24). The van der Waals surface area contributed by atoms with Gasteiger partial charge in [-0.05, 0) is 48.7 Å². The van der Waals surface area contributed by atoms with E-state index in [0.29, 0.717) is 19.4 Å². The van der Waals surface area contributed by atoms with Gasteiger partial charge in [0.1, 0.15) is 5.75 Å². The van der Waals surface area contributed by atoms with Crippen LogP contribution in [-0.4, -0.2) is 26.2 Å². The van der Waals surface area contributed by atoms with E-state index in [9.17, 15) is 13.6 Å². The summed E-state index contributed by atoms with van der Waals surface area (Å²) in [4.78, 5) is 11.9. The summed E-state index contributed by atoms with van der Waals surface area (Å²) in [6.45, 7) is -0.221. The second-order valence-corrected chi connectivity index (χ2v) is 5.91. The van der Waals surface area contributed by atoms with Crippen LogP contribution in [0.4, 0.5) is 8.78 Å².